The Hall–Kier alpha value is -3.92. The highest BCUT2D eigenvalue weighted by Crippen LogP contribution is 2.33. The van der Waals surface area contributed by atoms with Gasteiger partial charge in [0.25, 0.3) is 5.89 Å². The minimum Gasteiger partial charge on any atom is -0.449 e. The van der Waals surface area contributed by atoms with Crippen LogP contribution in [0.4, 0.5) is 0 Å². The van der Waals surface area contributed by atoms with Crippen LogP contribution in [0.2, 0.25) is 0 Å². The summed E-state index contributed by atoms with van der Waals surface area (Å²) in [7, 11) is 0. The van der Waals surface area contributed by atoms with Crippen molar-refractivity contribution in [3.8, 4) is 11.7 Å². The average molecular weight is 418 g/mol. The third kappa shape index (κ3) is 3.34. The van der Waals surface area contributed by atoms with Gasteiger partial charge in [-0.3, -0.25) is 4.98 Å². The van der Waals surface area contributed by atoms with Crippen LogP contribution in [0.25, 0.3) is 44.3 Å². The molecular formula is C28H22N2O2. The van der Waals surface area contributed by atoms with E-state index < -0.39 is 0 Å². The topological polar surface area (TPSA) is 52.1 Å². The van der Waals surface area contributed by atoms with E-state index >= 15 is 0 Å². The van der Waals surface area contributed by atoms with Crippen molar-refractivity contribution in [1.82, 2.24) is 9.97 Å². The third-order valence-electron chi connectivity index (χ3n) is 6.19. The first kappa shape index (κ1) is 18.8. The zero-order valence-corrected chi connectivity index (χ0v) is 17.6. The molecule has 7 rings (SSSR count). The van der Waals surface area contributed by atoms with Crippen LogP contribution in [-0.4, -0.2) is 9.97 Å². The standard InChI is InChI=1S/C18H16.C10H6N2O2/c1-3-7-15-13(5-1)9-11-18-16-8-4-2-6-14(16)10-12-17(15)18;1-2-8-7(11-3-1)6-9(14-8)10-12-4-5-13-10/h1,3,5,7,9-12H,2,4,6,8H2;1-6H. The van der Waals surface area contributed by atoms with E-state index in [9.17, 15) is 0 Å². The van der Waals surface area contributed by atoms with Gasteiger partial charge in [0.15, 0.2) is 11.3 Å². The van der Waals surface area contributed by atoms with E-state index in [1.165, 1.54) is 53.5 Å². The molecule has 3 aromatic carbocycles. The lowest BCUT2D eigenvalue weighted by atomic mass is 9.86. The summed E-state index contributed by atoms with van der Waals surface area (Å²) in [6.07, 6.45) is 10.0. The molecule has 3 heterocycles. The Morgan fingerprint density at radius 1 is 0.719 bits per heavy atom. The predicted molar refractivity (Wildman–Crippen MR) is 128 cm³/mol. The van der Waals surface area contributed by atoms with Crippen LogP contribution in [0.3, 0.4) is 0 Å². The highest BCUT2D eigenvalue weighted by atomic mass is 16.4. The number of oxazole rings is 1. The van der Waals surface area contributed by atoms with Crippen LogP contribution >= 0.6 is 0 Å². The number of aromatic nitrogens is 2. The highest BCUT2D eigenvalue weighted by molar-refractivity contribution is 6.08. The Labute approximate surface area is 185 Å². The van der Waals surface area contributed by atoms with Crippen LogP contribution < -0.4 is 0 Å². The van der Waals surface area contributed by atoms with E-state index in [-0.39, 0.29) is 0 Å². The van der Waals surface area contributed by atoms with E-state index in [0.717, 1.165) is 11.1 Å². The quantitative estimate of drug-likeness (QED) is 0.262. The molecule has 32 heavy (non-hydrogen) atoms. The van der Waals surface area contributed by atoms with Crippen molar-refractivity contribution in [3.63, 3.8) is 0 Å². The molecule has 4 nitrogen and oxygen atoms in total. The Morgan fingerprint density at radius 2 is 1.62 bits per heavy atom. The fraction of sp³-hybridized carbons (Fsp3) is 0.143. The number of fused-ring (bicyclic) bond motifs is 6. The second-order valence-corrected chi connectivity index (χ2v) is 8.13. The van der Waals surface area contributed by atoms with Gasteiger partial charge in [-0.1, -0.05) is 48.5 Å². The molecule has 0 atom stereocenters. The van der Waals surface area contributed by atoms with Gasteiger partial charge in [-0.15, -0.1) is 0 Å². The van der Waals surface area contributed by atoms with Gasteiger partial charge in [-0.2, -0.15) is 0 Å². The van der Waals surface area contributed by atoms with Crippen molar-refractivity contribution in [2.24, 2.45) is 0 Å². The molecule has 1 aliphatic rings. The number of aryl methyl sites for hydroxylation is 2. The number of benzene rings is 3. The lowest BCUT2D eigenvalue weighted by Crippen LogP contribution is -2.02. The maximum Gasteiger partial charge on any atom is 0.262 e. The lowest BCUT2D eigenvalue weighted by Gasteiger charge is -2.18. The fourth-order valence-electron chi connectivity index (χ4n) is 4.66. The van der Waals surface area contributed by atoms with Crippen LogP contribution in [0.15, 0.2) is 94.2 Å². The summed E-state index contributed by atoms with van der Waals surface area (Å²) in [6, 6.07) is 23.5. The normalized spacial score (nSPS) is 13.1. The minimum atomic E-state index is 0.475. The van der Waals surface area contributed by atoms with Crippen molar-refractivity contribution in [2.45, 2.75) is 25.7 Å². The SMILES string of the molecule is c1ccc2c(c1)ccc1c3c(ccc12)CCCC3.c1cnc2cc(-c3ncco3)oc2c1. The molecule has 0 saturated heterocycles. The second-order valence-electron chi connectivity index (χ2n) is 8.13. The van der Waals surface area contributed by atoms with Gasteiger partial charge in [0.2, 0.25) is 0 Å². The van der Waals surface area contributed by atoms with E-state index in [2.05, 4.69) is 58.5 Å². The molecule has 0 N–H and O–H groups in total. The summed E-state index contributed by atoms with van der Waals surface area (Å²) in [4.78, 5) is 8.14. The molecule has 0 amide bonds. The van der Waals surface area contributed by atoms with Gasteiger partial charge < -0.3 is 8.83 Å². The van der Waals surface area contributed by atoms with Crippen LogP contribution in [-0.2, 0) is 12.8 Å². The third-order valence-corrected chi connectivity index (χ3v) is 6.19. The molecule has 6 aromatic rings. The summed E-state index contributed by atoms with van der Waals surface area (Å²) in [5, 5.41) is 5.64. The van der Waals surface area contributed by atoms with Crippen molar-refractivity contribution in [2.75, 3.05) is 0 Å². The highest BCUT2D eigenvalue weighted by Gasteiger charge is 2.13. The molecule has 0 fully saturated rings. The summed E-state index contributed by atoms with van der Waals surface area (Å²) in [5.41, 5.74) is 4.72. The van der Waals surface area contributed by atoms with Gasteiger partial charge in [-0.25, -0.2) is 4.98 Å². The lowest BCUT2D eigenvalue weighted by molar-refractivity contribution is 0.534. The summed E-state index contributed by atoms with van der Waals surface area (Å²) < 4.78 is 10.6. The summed E-state index contributed by atoms with van der Waals surface area (Å²) >= 11 is 0. The molecule has 0 spiro atoms. The molecule has 0 aliphatic heterocycles. The summed E-state index contributed by atoms with van der Waals surface area (Å²) in [5.74, 6) is 1.08. The Morgan fingerprint density at radius 3 is 2.53 bits per heavy atom. The van der Waals surface area contributed by atoms with E-state index in [1.54, 1.807) is 29.6 Å². The first-order chi connectivity index (χ1) is 15.9. The van der Waals surface area contributed by atoms with Gasteiger partial charge in [0, 0.05) is 12.3 Å². The fourth-order valence-corrected chi connectivity index (χ4v) is 4.66. The first-order valence-electron chi connectivity index (χ1n) is 11.0. The zero-order valence-electron chi connectivity index (χ0n) is 17.6. The number of nitrogens with zero attached hydrogens (tertiary/aromatic N) is 2. The van der Waals surface area contributed by atoms with Gasteiger partial charge >= 0.3 is 0 Å². The first-order valence-corrected chi connectivity index (χ1v) is 11.0. The van der Waals surface area contributed by atoms with Crippen LogP contribution in [0.1, 0.15) is 24.0 Å². The van der Waals surface area contributed by atoms with E-state index in [1.807, 2.05) is 12.1 Å². The van der Waals surface area contributed by atoms with Gasteiger partial charge in [-0.05, 0) is 70.5 Å². The largest absolute Gasteiger partial charge is 0.449 e. The minimum absolute atomic E-state index is 0.475. The van der Waals surface area contributed by atoms with E-state index in [4.69, 9.17) is 8.83 Å². The molecule has 0 radical (unpaired) electrons. The average Bonchev–Trinajstić information content (AvgIpc) is 3.54. The number of hydrogen-bond acceptors (Lipinski definition) is 4. The number of hydrogen-bond donors (Lipinski definition) is 0. The Balaban J connectivity index is 0.000000126. The predicted octanol–water partition coefficient (Wildman–Crippen LogP) is 7.35. The Kier molecular flexibility index (Phi) is 4.69. The van der Waals surface area contributed by atoms with E-state index in [0.29, 0.717) is 11.7 Å². The second kappa shape index (κ2) is 7.97. The molecule has 1 aliphatic carbocycles. The van der Waals surface area contributed by atoms with Crippen molar-refractivity contribution in [1.29, 1.82) is 0 Å². The number of furan rings is 1. The van der Waals surface area contributed by atoms with Crippen molar-refractivity contribution < 1.29 is 8.83 Å². The molecule has 0 unspecified atom stereocenters. The molecule has 3 aromatic heterocycles. The van der Waals surface area contributed by atoms with Crippen LogP contribution in [0, 0.1) is 0 Å². The van der Waals surface area contributed by atoms with Crippen molar-refractivity contribution >= 4 is 32.6 Å². The number of rotatable bonds is 1. The summed E-state index contributed by atoms with van der Waals surface area (Å²) in [6.45, 7) is 0. The molecule has 156 valence electrons. The van der Waals surface area contributed by atoms with Crippen molar-refractivity contribution in [3.05, 3.63) is 96.5 Å². The molecule has 0 bridgehead atoms. The molecular weight excluding hydrogens is 396 g/mol. The molecule has 0 saturated carbocycles. The smallest absolute Gasteiger partial charge is 0.262 e. The number of pyridine rings is 1. The van der Waals surface area contributed by atoms with Gasteiger partial charge in [0.05, 0.1) is 6.20 Å². The van der Waals surface area contributed by atoms with Gasteiger partial charge in [0.1, 0.15) is 11.8 Å². The molecule has 4 heteroatoms. The Bertz CT molecular complexity index is 1500. The monoisotopic (exact) mass is 418 g/mol. The van der Waals surface area contributed by atoms with Crippen LogP contribution in [0.5, 0.6) is 0 Å². The zero-order chi connectivity index (χ0) is 21.3. The maximum atomic E-state index is 5.49. The maximum absolute atomic E-state index is 5.49.